The Morgan fingerprint density at radius 1 is 1.31 bits per heavy atom. The minimum Gasteiger partial charge on any atom is -0.383 e. The summed E-state index contributed by atoms with van der Waals surface area (Å²) in [6.45, 7) is 6.88. The molecule has 172 valence electrons. The van der Waals surface area contributed by atoms with Gasteiger partial charge in [0.1, 0.15) is 5.82 Å². The summed E-state index contributed by atoms with van der Waals surface area (Å²) in [4.78, 5) is 16.3. The average molecular weight is 444 g/mol. The van der Waals surface area contributed by atoms with Gasteiger partial charge in [-0.3, -0.25) is 9.48 Å². The van der Waals surface area contributed by atoms with Crippen LogP contribution in [0.5, 0.6) is 0 Å². The molecule has 0 aliphatic carbocycles. The molecule has 1 aromatic carbocycles. The van der Waals surface area contributed by atoms with Crippen molar-refractivity contribution in [3.8, 4) is 0 Å². The van der Waals surface area contributed by atoms with Gasteiger partial charge >= 0.3 is 0 Å². The van der Waals surface area contributed by atoms with Gasteiger partial charge in [0.05, 0.1) is 29.9 Å². The molecule has 0 saturated carbocycles. The number of rotatable bonds is 10. The van der Waals surface area contributed by atoms with Crippen LogP contribution in [0.25, 0.3) is 10.9 Å². The van der Waals surface area contributed by atoms with Crippen LogP contribution in [0.15, 0.2) is 24.3 Å². The van der Waals surface area contributed by atoms with Crippen LogP contribution in [0.3, 0.4) is 0 Å². The van der Waals surface area contributed by atoms with Gasteiger partial charge < -0.3 is 26.8 Å². The van der Waals surface area contributed by atoms with Gasteiger partial charge in [0.25, 0.3) is 5.91 Å². The Hall–Kier alpha value is -3.24. The lowest BCUT2D eigenvalue weighted by molar-refractivity contribution is 0.100. The third kappa shape index (κ3) is 4.97. The van der Waals surface area contributed by atoms with E-state index >= 15 is 0 Å². The molecule has 6 N–H and O–H groups in total. The van der Waals surface area contributed by atoms with Crippen LogP contribution < -0.4 is 22.1 Å². The molecule has 3 aromatic rings. The van der Waals surface area contributed by atoms with Crippen LogP contribution in [-0.2, 0) is 11.3 Å². The lowest BCUT2D eigenvalue weighted by Gasteiger charge is -2.22. The molecule has 0 radical (unpaired) electrons. The van der Waals surface area contributed by atoms with Gasteiger partial charge in [-0.1, -0.05) is 6.92 Å². The highest BCUT2D eigenvalue weighted by molar-refractivity contribution is 5.99. The summed E-state index contributed by atoms with van der Waals surface area (Å²) in [6, 6.07) is 6.35. The minimum absolute atomic E-state index is 0.00583. The zero-order chi connectivity index (χ0) is 23.4. The number of hydrogen-bond acceptors (Lipinski definition) is 7. The number of anilines is 3. The fourth-order valence-electron chi connectivity index (χ4n) is 3.56. The lowest BCUT2D eigenvalue weighted by atomic mass is 10.1. The number of nitrogens with zero attached hydrogens (tertiary/aromatic N) is 3. The number of aromatic nitrogens is 3. The Morgan fingerprint density at radius 2 is 2.06 bits per heavy atom. The maximum absolute atomic E-state index is 14.6. The number of amides is 1. The zero-order valence-corrected chi connectivity index (χ0v) is 18.8. The molecular weight excluding hydrogens is 413 g/mol. The van der Waals surface area contributed by atoms with E-state index in [1.807, 2.05) is 43.7 Å². The summed E-state index contributed by atoms with van der Waals surface area (Å²) >= 11 is 0. The quantitative estimate of drug-likeness (QED) is 0.379. The van der Waals surface area contributed by atoms with Crippen molar-refractivity contribution < 1.29 is 13.9 Å². The van der Waals surface area contributed by atoms with Crippen LogP contribution >= 0.6 is 0 Å². The topological polar surface area (TPSA) is 133 Å². The van der Waals surface area contributed by atoms with Crippen molar-refractivity contribution in [2.75, 3.05) is 24.4 Å². The number of ether oxygens (including phenoxy) is 1. The number of benzene rings is 1. The summed E-state index contributed by atoms with van der Waals surface area (Å²) in [5, 5.41) is 11.6. The molecule has 10 heteroatoms. The maximum Gasteiger partial charge on any atom is 0.252 e. The second kappa shape index (κ2) is 9.92. The van der Waals surface area contributed by atoms with E-state index in [9.17, 15) is 9.18 Å². The van der Waals surface area contributed by atoms with Crippen molar-refractivity contribution in [2.45, 2.75) is 45.8 Å². The van der Waals surface area contributed by atoms with E-state index in [2.05, 4.69) is 20.7 Å². The zero-order valence-electron chi connectivity index (χ0n) is 18.8. The van der Waals surface area contributed by atoms with Crippen molar-refractivity contribution in [1.82, 2.24) is 14.8 Å². The molecule has 0 spiro atoms. The summed E-state index contributed by atoms with van der Waals surface area (Å²) in [5.41, 5.74) is 13.9. The van der Waals surface area contributed by atoms with E-state index in [-0.39, 0.29) is 29.3 Å². The molecule has 0 bridgehead atoms. The lowest BCUT2D eigenvalue weighted by Crippen LogP contribution is -2.38. The first-order chi connectivity index (χ1) is 15.2. The first-order valence-corrected chi connectivity index (χ1v) is 10.5. The molecule has 1 amide bonds. The van der Waals surface area contributed by atoms with E-state index < -0.39 is 11.7 Å². The van der Waals surface area contributed by atoms with E-state index in [1.54, 1.807) is 7.11 Å². The highest BCUT2D eigenvalue weighted by Crippen LogP contribution is 2.28. The molecule has 0 aliphatic rings. The van der Waals surface area contributed by atoms with Crippen LogP contribution in [-0.4, -0.2) is 46.5 Å². The third-order valence-corrected chi connectivity index (χ3v) is 5.34. The number of nitrogens with one attached hydrogen (secondary N) is 2. The Kier molecular flexibility index (Phi) is 7.26. The molecule has 2 atom stereocenters. The predicted molar refractivity (Wildman–Crippen MR) is 124 cm³/mol. The van der Waals surface area contributed by atoms with E-state index in [1.165, 1.54) is 0 Å². The molecule has 3 rings (SSSR count). The second-order valence-electron chi connectivity index (χ2n) is 7.76. The number of primary amides is 1. The van der Waals surface area contributed by atoms with E-state index in [0.29, 0.717) is 25.3 Å². The Balaban J connectivity index is 1.97. The first-order valence-electron chi connectivity index (χ1n) is 10.5. The first kappa shape index (κ1) is 23.4. The van der Waals surface area contributed by atoms with Crippen molar-refractivity contribution in [2.24, 2.45) is 11.5 Å². The van der Waals surface area contributed by atoms with Crippen molar-refractivity contribution in [3.63, 3.8) is 0 Å². The standard InChI is InChI=1S/C22H30FN7O2/c1-5-18(12(2)24)27-22-17(23)11-16(20(25)31)21(28-22)26-14-6-7-19-15(10-14)13(3)29-30(19)8-9-32-4/h6-7,10-12,18H,5,8-9,24H2,1-4H3,(H2,25,31)(H2,26,27,28)/t12-,18+/m0/s1. The minimum atomic E-state index is -0.783. The van der Waals surface area contributed by atoms with Crippen molar-refractivity contribution in [3.05, 3.63) is 41.3 Å². The number of pyridine rings is 1. The maximum atomic E-state index is 14.6. The van der Waals surface area contributed by atoms with Crippen LogP contribution in [0, 0.1) is 12.7 Å². The van der Waals surface area contributed by atoms with Gasteiger partial charge in [0.2, 0.25) is 0 Å². The van der Waals surface area contributed by atoms with Gasteiger partial charge in [-0.05, 0) is 44.5 Å². The number of carbonyl (C=O) groups is 1. The summed E-state index contributed by atoms with van der Waals surface area (Å²) in [5.74, 6) is -1.29. The van der Waals surface area contributed by atoms with Gasteiger partial charge in [-0.15, -0.1) is 0 Å². The van der Waals surface area contributed by atoms with Crippen molar-refractivity contribution in [1.29, 1.82) is 0 Å². The number of hydrogen-bond donors (Lipinski definition) is 4. The Labute approximate surface area is 186 Å². The Bertz CT molecular complexity index is 1110. The molecule has 0 saturated heterocycles. The monoisotopic (exact) mass is 443 g/mol. The summed E-state index contributed by atoms with van der Waals surface area (Å²) in [7, 11) is 1.65. The summed E-state index contributed by atoms with van der Waals surface area (Å²) < 4.78 is 21.7. The number of fused-ring (bicyclic) bond motifs is 1. The number of halogens is 1. The largest absolute Gasteiger partial charge is 0.383 e. The number of methoxy groups -OCH3 is 1. The van der Waals surface area contributed by atoms with Crippen LogP contribution in [0.4, 0.5) is 21.7 Å². The number of carbonyl (C=O) groups excluding carboxylic acids is 1. The summed E-state index contributed by atoms with van der Waals surface area (Å²) in [6.07, 6.45) is 0.683. The van der Waals surface area contributed by atoms with E-state index in [0.717, 1.165) is 22.7 Å². The fraction of sp³-hybridized carbons (Fsp3) is 0.409. The third-order valence-electron chi connectivity index (χ3n) is 5.34. The van der Waals surface area contributed by atoms with Gasteiger partial charge in [-0.25, -0.2) is 9.37 Å². The molecular formula is C22H30FN7O2. The SMILES string of the molecule is CC[C@@H](Nc1nc(Nc2ccc3c(c2)c(C)nn3CCOC)c(C(N)=O)cc1F)[C@H](C)N. The van der Waals surface area contributed by atoms with Gasteiger partial charge in [-0.2, -0.15) is 5.10 Å². The molecule has 32 heavy (non-hydrogen) atoms. The Morgan fingerprint density at radius 3 is 2.69 bits per heavy atom. The van der Waals surface area contributed by atoms with Gasteiger partial charge in [0.15, 0.2) is 11.6 Å². The molecule has 2 heterocycles. The van der Waals surface area contributed by atoms with Crippen LogP contribution in [0.1, 0.15) is 36.3 Å². The van der Waals surface area contributed by atoms with E-state index in [4.69, 9.17) is 16.2 Å². The highest BCUT2D eigenvalue weighted by Gasteiger charge is 2.20. The van der Waals surface area contributed by atoms with Gasteiger partial charge in [0, 0.05) is 30.3 Å². The average Bonchev–Trinajstić information content (AvgIpc) is 3.06. The number of nitrogens with two attached hydrogens (primary N) is 2. The molecule has 2 aromatic heterocycles. The predicted octanol–water partition coefficient (Wildman–Crippen LogP) is 2.91. The fourth-order valence-corrected chi connectivity index (χ4v) is 3.56. The smallest absolute Gasteiger partial charge is 0.252 e. The van der Waals surface area contributed by atoms with Crippen molar-refractivity contribution >= 4 is 34.1 Å². The number of aryl methyl sites for hydroxylation is 1. The second-order valence-corrected chi connectivity index (χ2v) is 7.76. The molecule has 9 nitrogen and oxygen atoms in total. The normalized spacial score (nSPS) is 13.2. The molecule has 0 fully saturated rings. The molecule has 0 aliphatic heterocycles. The molecule has 0 unspecified atom stereocenters. The van der Waals surface area contributed by atoms with Crippen LogP contribution in [0.2, 0.25) is 0 Å². The highest BCUT2D eigenvalue weighted by atomic mass is 19.1.